The van der Waals surface area contributed by atoms with E-state index in [9.17, 15) is 13.2 Å². The lowest BCUT2D eigenvalue weighted by molar-refractivity contribution is 0.102. The van der Waals surface area contributed by atoms with Crippen LogP contribution in [0.1, 0.15) is 41.3 Å². The first-order valence-corrected chi connectivity index (χ1v) is 11.5. The summed E-state index contributed by atoms with van der Waals surface area (Å²) in [6.45, 7) is 7.45. The van der Waals surface area contributed by atoms with Crippen molar-refractivity contribution in [2.24, 2.45) is 5.92 Å². The molecule has 1 fully saturated rings. The Balaban J connectivity index is 1.72. The Morgan fingerprint density at radius 2 is 1.76 bits per heavy atom. The van der Waals surface area contributed by atoms with Crippen molar-refractivity contribution in [3.63, 3.8) is 0 Å². The van der Waals surface area contributed by atoms with Crippen molar-refractivity contribution in [2.75, 3.05) is 18.4 Å². The molecule has 3 N–H and O–H groups in total. The van der Waals surface area contributed by atoms with E-state index in [2.05, 4.69) is 15.4 Å². The van der Waals surface area contributed by atoms with Crippen molar-refractivity contribution in [2.45, 2.75) is 44.6 Å². The summed E-state index contributed by atoms with van der Waals surface area (Å²) in [6.07, 6.45) is 1.93. The van der Waals surface area contributed by atoms with Gasteiger partial charge in [0.25, 0.3) is 5.91 Å². The van der Waals surface area contributed by atoms with Crippen molar-refractivity contribution in [3.05, 3.63) is 59.2 Å². The molecular formula is C22H29N3O3S. The Labute approximate surface area is 173 Å². The first-order valence-electron chi connectivity index (χ1n) is 9.98. The van der Waals surface area contributed by atoms with Gasteiger partial charge in [0.1, 0.15) is 0 Å². The Hall–Kier alpha value is -2.22. The van der Waals surface area contributed by atoms with Gasteiger partial charge in [-0.3, -0.25) is 4.79 Å². The van der Waals surface area contributed by atoms with E-state index < -0.39 is 10.0 Å². The van der Waals surface area contributed by atoms with Crippen LogP contribution in [0.3, 0.4) is 0 Å². The number of amides is 1. The topological polar surface area (TPSA) is 87.3 Å². The number of anilines is 1. The highest BCUT2D eigenvalue weighted by Crippen LogP contribution is 2.23. The molecule has 0 radical (unpaired) electrons. The number of nitrogens with one attached hydrogen (secondary N) is 3. The quantitative estimate of drug-likeness (QED) is 0.676. The third kappa shape index (κ3) is 5.23. The van der Waals surface area contributed by atoms with Crippen LogP contribution < -0.4 is 15.4 Å². The fourth-order valence-corrected chi connectivity index (χ4v) is 5.11. The molecule has 1 atom stereocenters. The number of hydrogen-bond acceptors (Lipinski definition) is 4. The molecule has 2 aromatic carbocycles. The number of hydrogen-bond donors (Lipinski definition) is 3. The van der Waals surface area contributed by atoms with E-state index in [-0.39, 0.29) is 16.8 Å². The van der Waals surface area contributed by atoms with E-state index in [1.165, 1.54) is 6.07 Å². The van der Waals surface area contributed by atoms with Gasteiger partial charge in [0.15, 0.2) is 0 Å². The lowest BCUT2D eigenvalue weighted by atomic mass is 9.92. The minimum absolute atomic E-state index is 0.122. The maximum atomic E-state index is 12.8. The zero-order valence-electron chi connectivity index (χ0n) is 17.2. The first-order chi connectivity index (χ1) is 13.8. The van der Waals surface area contributed by atoms with Crippen molar-refractivity contribution >= 4 is 21.6 Å². The van der Waals surface area contributed by atoms with E-state index >= 15 is 0 Å². The molecule has 0 aromatic heterocycles. The number of piperidine rings is 1. The highest BCUT2D eigenvalue weighted by Gasteiger charge is 2.25. The zero-order valence-corrected chi connectivity index (χ0v) is 18.0. The van der Waals surface area contributed by atoms with Gasteiger partial charge in [-0.1, -0.05) is 18.2 Å². The van der Waals surface area contributed by atoms with Crippen molar-refractivity contribution < 1.29 is 13.2 Å². The molecule has 156 valence electrons. The minimum Gasteiger partial charge on any atom is -0.322 e. The lowest BCUT2D eigenvalue weighted by Gasteiger charge is -2.28. The van der Waals surface area contributed by atoms with Gasteiger partial charge < -0.3 is 10.6 Å². The number of sulfonamides is 1. The van der Waals surface area contributed by atoms with Crippen molar-refractivity contribution in [1.82, 2.24) is 10.0 Å². The Kier molecular flexibility index (Phi) is 6.72. The molecule has 1 heterocycles. The largest absolute Gasteiger partial charge is 0.322 e. The van der Waals surface area contributed by atoms with Gasteiger partial charge in [-0.2, -0.15) is 0 Å². The smallest absolute Gasteiger partial charge is 0.255 e. The Bertz CT molecular complexity index is 983. The van der Waals surface area contributed by atoms with Crippen LogP contribution in [0.2, 0.25) is 0 Å². The van der Waals surface area contributed by atoms with E-state index in [1.807, 2.05) is 32.0 Å². The zero-order chi connectivity index (χ0) is 21.0. The average Bonchev–Trinajstić information content (AvgIpc) is 2.70. The van der Waals surface area contributed by atoms with E-state index in [0.29, 0.717) is 22.7 Å². The van der Waals surface area contributed by atoms with Crippen LogP contribution in [0.25, 0.3) is 0 Å². The van der Waals surface area contributed by atoms with Crippen LogP contribution >= 0.6 is 0 Å². The van der Waals surface area contributed by atoms with Gasteiger partial charge in [0, 0.05) is 17.3 Å². The Morgan fingerprint density at radius 3 is 2.41 bits per heavy atom. The summed E-state index contributed by atoms with van der Waals surface area (Å²) in [6, 6.07) is 12.0. The van der Waals surface area contributed by atoms with Gasteiger partial charge >= 0.3 is 0 Å². The van der Waals surface area contributed by atoms with Gasteiger partial charge in [0.05, 0.1) is 4.90 Å². The number of aryl methyl sites for hydroxylation is 2. The molecular weight excluding hydrogens is 386 g/mol. The molecule has 1 amide bonds. The van der Waals surface area contributed by atoms with Gasteiger partial charge in [-0.05, 0) is 88.0 Å². The highest BCUT2D eigenvalue weighted by molar-refractivity contribution is 7.89. The molecule has 0 aliphatic carbocycles. The third-order valence-corrected chi connectivity index (χ3v) is 7.13. The molecule has 3 rings (SSSR count). The molecule has 6 nitrogen and oxygen atoms in total. The standard InChI is InChI=1S/C22H29N3O3S/c1-15-6-4-5-7-20(15)22(26)24-21-9-8-19(14-16(21)2)29(27,28)25-17(3)18-10-12-23-13-11-18/h4-9,14,17-18,23,25H,10-13H2,1-3H3,(H,24,26). The number of carbonyl (C=O) groups is 1. The fraction of sp³-hybridized carbons (Fsp3) is 0.409. The molecule has 1 aliphatic heterocycles. The number of carbonyl (C=O) groups excluding carboxylic acids is 1. The monoisotopic (exact) mass is 415 g/mol. The van der Waals surface area contributed by atoms with E-state index in [1.54, 1.807) is 25.1 Å². The summed E-state index contributed by atoms with van der Waals surface area (Å²) in [5, 5.41) is 6.17. The molecule has 0 bridgehead atoms. The second kappa shape index (κ2) is 9.07. The summed E-state index contributed by atoms with van der Waals surface area (Å²) < 4.78 is 28.5. The molecule has 1 unspecified atom stereocenters. The Morgan fingerprint density at radius 1 is 1.07 bits per heavy atom. The van der Waals surface area contributed by atoms with Crippen molar-refractivity contribution in [1.29, 1.82) is 0 Å². The SMILES string of the molecule is Cc1cc(S(=O)(=O)NC(C)C2CCNCC2)ccc1NC(=O)c1ccccc1C. The third-order valence-electron chi connectivity index (χ3n) is 5.58. The second-order valence-corrected chi connectivity index (χ2v) is 9.46. The lowest BCUT2D eigenvalue weighted by Crippen LogP contribution is -2.42. The maximum Gasteiger partial charge on any atom is 0.255 e. The second-order valence-electron chi connectivity index (χ2n) is 7.74. The molecule has 0 spiro atoms. The van der Waals surface area contributed by atoms with Crippen LogP contribution in [-0.2, 0) is 10.0 Å². The van der Waals surface area contributed by atoms with Gasteiger partial charge in [-0.25, -0.2) is 13.1 Å². The fourth-order valence-electron chi connectivity index (χ4n) is 3.71. The van der Waals surface area contributed by atoms with Crippen LogP contribution in [-0.4, -0.2) is 33.5 Å². The van der Waals surface area contributed by atoms with Gasteiger partial charge in [-0.15, -0.1) is 0 Å². The predicted octanol–water partition coefficient (Wildman–Crippen LogP) is 3.22. The maximum absolute atomic E-state index is 12.8. The van der Waals surface area contributed by atoms with Crippen molar-refractivity contribution in [3.8, 4) is 0 Å². The summed E-state index contributed by atoms with van der Waals surface area (Å²) in [5.74, 6) is 0.124. The number of rotatable bonds is 6. The minimum atomic E-state index is -3.62. The van der Waals surface area contributed by atoms with E-state index in [4.69, 9.17) is 0 Å². The molecule has 1 aliphatic rings. The average molecular weight is 416 g/mol. The normalized spacial score (nSPS) is 16.4. The van der Waals surface area contributed by atoms with Gasteiger partial charge in [0.2, 0.25) is 10.0 Å². The molecule has 7 heteroatoms. The summed E-state index contributed by atoms with van der Waals surface area (Å²) >= 11 is 0. The van der Waals surface area contributed by atoms with Crippen LogP contribution in [0.4, 0.5) is 5.69 Å². The summed E-state index contributed by atoms with van der Waals surface area (Å²) in [5.41, 5.74) is 2.78. The molecule has 0 saturated carbocycles. The predicted molar refractivity (Wildman–Crippen MR) is 116 cm³/mol. The molecule has 2 aromatic rings. The summed E-state index contributed by atoms with van der Waals surface area (Å²) in [7, 11) is -3.62. The highest BCUT2D eigenvalue weighted by atomic mass is 32.2. The van der Waals surface area contributed by atoms with Crippen LogP contribution in [0, 0.1) is 19.8 Å². The van der Waals surface area contributed by atoms with Crippen LogP contribution in [0.5, 0.6) is 0 Å². The number of benzene rings is 2. The first kappa shape index (κ1) is 21.5. The van der Waals surface area contributed by atoms with Crippen LogP contribution in [0.15, 0.2) is 47.4 Å². The molecule has 1 saturated heterocycles. The molecule has 29 heavy (non-hydrogen) atoms. The van der Waals surface area contributed by atoms with E-state index in [0.717, 1.165) is 31.5 Å². The summed E-state index contributed by atoms with van der Waals surface area (Å²) in [4.78, 5) is 12.8.